The first-order valence-corrected chi connectivity index (χ1v) is 5.55. The van der Waals surface area contributed by atoms with Gasteiger partial charge in [-0.2, -0.15) is 0 Å². The predicted octanol–water partition coefficient (Wildman–Crippen LogP) is 3.08. The van der Waals surface area contributed by atoms with Gasteiger partial charge in [0.25, 0.3) is 0 Å². The van der Waals surface area contributed by atoms with Gasteiger partial charge < -0.3 is 9.52 Å². The van der Waals surface area contributed by atoms with Crippen molar-refractivity contribution in [3.8, 4) is 0 Å². The van der Waals surface area contributed by atoms with E-state index in [-0.39, 0.29) is 12.3 Å². The summed E-state index contributed by atoms with van der Waals surface area (Å²) in [5, 5.41) is 8.92. The topological polar surface area (TPSA) is 50.4 Å². The Bertz CT molecular complexity index is 459. The zero-order valence-corrected chi connectivity index (χ0v) is 9.37. The molecule has 88 valence electrons. The van der Waals surface area contributed by atoms with Crippen LogP contribution in [0.15, 0.2) is 53.1 Å². The van der Waals surface area contributed by atoms with Crippen molar-refractivity contribution in [1.29, 1.82) is 0 Å². The van der Waals surface area contributed by atoms with Crippen molar-refractivity contribution in [2.75, 3.05) is 0 Å². The highest BCUT2D eigenvalue weighted by atomic mass is 16.4. The van der Waals surface area contributed by atoms with Crippen molar-refractivity contribution < 1.29 is 14.3 Å². The SMILES string of the molecule is O=C(O)C[C@H](Cc1ccccc1)c1ccco1. The molecule has 3 heteroatoms. The fourth-order valence-corrected chi connectivity index (χ4v) is 1.91. The molecule has 17 heavy (non-hydrogen) atoms. The van der Waals surface area contributed by atoms with E-state index in [2.05, 4.69) is 0 Å². The van der Waals surface area contributed by atoms with Crippen LogP contribution >= 0.6 is 0 Å². The van der Waals surface area contributed by atoms with Crippen molar-refractivity contribution in [3.05, 3.63) is 60.1 Å². The molecule has 1 aromatic heterocycles. The largest absolute Gasteiger partial charge is 0.481 e. The highest BCUT2D eigenvalue weighted by Crippen LogP contribution is 2.24. The summed E-state index contributed by atoms with van der Waals surface area (Å²) in [6, 6.07) is 13.5. The van der Waals surface area contributed by atoms with E-state index >= 15 is 0 Å². The lowest BCUT2D eigenvalue weighted by Crippen LogP contribution is -2.08. The second-order valence-corrected chi connectivity index (χ2v) is 4.00. The summed E-state index contributed by atoms with van der Waals surface area (Å²) in [6.45, 7) is 0. The van der Waals surface area contributed by atoms with Crippen LogP contribution in [0.2, 0.25) is 0 Å². The van der Waals surface area contributed by atoms with Gasteiger partial charge in [-0.05, 0) is 24.1 Å². The smallest absolute Gasteiger partial charge is 0.304 e. The van der Waals surface area contributed by atoms with Gasteiger partial charge in [0.2, 0.25) is 0 Å². The van der Waals surface area contributed by atoms with E-state index in [0.717, 1.165) is 11.3 Å². The van der Waals surface area contributed by atoms with Crippen molar-refractivity contribution in [2.24, 2.45) is 0 Å². The van der Waals surface area contributed by atoms with Crippen LogP contribution < -0.4 is 0 Å². The van der Waals surface area contributed by atoms with Crippen LogP contribution in [0.25, 0.3) is 0 Å². The van der Waals surface area contributed by atoms with E-state index in [1.165, 1.54) is 0 Å². The lowest BCUT2D eigenvalue weighted by Gasteiger charge is -2.12. The molecule has 2 aromatic rings. The first-order chi connectivity index (χ1) is 8.25. The molecule has 1 atom stereocenters. The Morgan fingerprint density at radius 1 is 1.18 bits per heavy atom. The minimum absolute atomic E-state index is 0.0857. The molecule has 1 aromatic carbocycles. The first-order valence-electron chi connectivity index (χ1n) is 5.55. The average molecular weight is 230 g/mol. The summed E-state index contributed by atoms with van der Waals surface area (Å²) in [4.78, 5) is 10.9. The normalized spacial score (nSPS) is 12.2. The first kappa shape index (κ1) is 11.5. The molecule has 0 aliphatic heterocycles. The molecular formula is C14H14O3. The van der Waals surface area contributed by atoms with E-state index < -0.39 is 5.97 Å². The maximum atomic E-state index is 10.9. The average Bonchev–Trinajstić information content (AvgIpc) is 2.82. The van der Waals surface area contributed by atoms with Crippen LogP contribution in [0.1, 0.15) is 23.7 Å². The third-order valence-corrected chi connectivity index (χ3v) is 2.69. The van der Waals surface area contributed by atoms with Crippen LogP contribution in [-0.4, -0.2) is 11.1 Å². The minimum atomic E-state index is -0.803. The zero-order chi connectivity index (χ0) is 12.1. The fraction of sp³-hybridized carbons (Fsp3) is 0.214. The Balaban J connectivity index is 2.14. The molecule has 0 fully saturated rings. The number of carboxylic acids is 1. The summed E-state index contributed by atoms with van der Waals surface area (Å²) in [5.74, 6) is -0.177. The van der Waals surface area contributed by atoms with Gasteiger partial charge in [0.05, 0.1) is 12.7 Å². The molecule has 0 spiro atoms. The van der Waals surface area contributed by atoms with E-state index in [0.29, 0.717) is 6.42 Å². The van der Waals surface area contributed by atoms with Gasteiger partial charge in [-0.15, -0.1) is 0 Å². The molecule has 2 rings (SSSR count). The lowest BCUT2D eigenvalue weighted by molar-refractivity contribution is -0.137. The second kappa shape index (κ2) is 5.34. The fourth-order valence-electron chi connectivity index (χ4n) is 1.91. The Morgan fingerprint density at radius 2 is 1.94 bits per heavy atom. The number of carboxylic acid groups (broad SMARTS) is 1. The summed E-state index contributed by atoms with van der Waals surface area (Å²) >= 11 is 0. The Kier molecular flexibility index (Phi) is 3.60. The second-order valence-electron chi connectivity index (χ2n) is 4.00. The van der Waals surface area contributed by atoms with Crippen LogP contribution in [0.4, 0.5) is 0 Å². The van der Waals surface area contributed by atoms with Crippen LogP contribution in [0, 0.1) is 0 Å². The van der Waals surface area contributed by atoms with Gasteiger partial charge in [0.15, 0.2) is 0 Å². The number of carbonyl (C=O) groups is 1. The van der Waals surface area contributed by atoms with Crippen molar-refractivity contribution in [2.45, 2.75) is 18.8 Å². The highest BCUT2D eigenvalue weighted by Gasteiger charge is 2.18. The summed E-state index contributed by atoms with van der Waals surface area (Å²) in [5.41, 5.74) is 1.12. The van der Waals surface area contributed by atoms with Crippen molar-refractivity contribution >= 4 is 5.97 Å². The van der Waals surface area contributed by atoms with Crippen molar-refractivity contribution in [1.82, 2.24) is 0 Å². The monoisotopic (exact) mass is 230 g/mol. The molecule has 1 N–H and O–H groups in total. The number of benzene rings is 1. The Hall–Kier alpha value is -2.03. The molecule has 0 amide bonds. The van der Waals surface area contributed by atoms with Gasteiger partial charge in [-0.1, -0.05) is 30.3 Å². The molecule has 0 unspecified atom stereocenters. The highest BCUT2D eigenvalue weighted by molar-refractivity contribution is 5.67. The van der Waals surface area contributed by atoms with Crippen molar-refractivity contribution in [3.63, 3.8) is 0 Å². The number of hydrogen-bond donors (Lipinski definition) is 1. The zero-order valence-electron chi connectivity index (χ0n) is 9.37. The Morgan fingerprint density at radius 3 is 2.53 bits per heavy atom. The maximum Gasteiger partial charge on any atom is 0.304 e. The molecule has 0 bridgehead atoms. The van der Waals surface area contributed by atoms with E-state index in [1.807, 2.05) is 36.4 Å². The molecule has 0 saturated heterocycles. The van der Waals surface area contributed by atoms with Crippen LogP contribution in [0.3, 0.4) is 0 Å². The van der Waals surface area contributed by atoms with Gasteiger partial charge in [0.1, 0.15) is 5.76 Å². The third-order valence-electron chi connectivity index (χ3n) is 2.69. The standard InChI is InChI=1S/C14H14O3/c15-14(16)10-12(13-7-4-8-17-13)9-11-5-2-1-3-6-11/h1-8,12H,9-10H2,(H,15,16)/t12-/m0/s1. The quantitative estimate of drug-likeness (QED) is 0.858. The molecule has 0 saturated carbocycles. The van der Waals surface area contributed by atoms with Gasteiger partial charge in [-0.3, -0.25) is 4.79 Å². The predicted molar refractivity (Wildman–Crippen MR) is 63.8 cm³/mol. The molecule has 1 heterocycles. The summed E-state index contributed by atoms with van der Waals surface area (Å²) < 4.78 is 5.31. The molecular weight excluding hydrogens is 216 g/mol. The molecule has 0 aliphatic carbocycles. The van der Waals surface area contributed by atoms with Gasteiger partial charge in [0, 0.05) is 5.92 Å². The number of hydrogen-bond acceptors (Lipinski definition) is 2. The van der Waals surface area contributed by atoms with Crippen LogP contribution in [0.5, 0.6) is 0 Å². The van der Waals surface area contributed by atoms with E-state index in [4.69, 9.17) is 9.52 Å². The third kappa shape index (κ3) is 3.21. The molecule has 0 aliphatic rings. The van der Waals surface area contributed by atoms with E-state index in [9.17, 15) is 4.79 Å². The van der Waals surface area contributed by atoms with Gasteiger partial charge in [-0.25, -0.2) is 0 Å². The minimum Gasteiger partial charge on any atom is -0.481 e. The van der Waals surface area contributed by atoms with Crippen LogP contribution in [-0.2, 0) is 11.2 Å². The number of furan rings is 1. The summed E-state index contributed by atoms with van der Waals surface area (Å²) in [6.07, 6.45) is 2.35. The number of aliphatic carboxylic acids is 1. The lowest BCUT2D eigenvalue weighted by atomic mass is 9.94. The van der Waals surface area contributed by atoms with Gasteiger partial charge >= 0.3 is 5.97 Å². The molecule has 0 radical (unpaired) electrons. The Labute approximate surface area is 99.7 Å². The summed E-state index contributed by atoms with van der Waals surface area (Å²) in [7, 11) is 0. The maximum absolute atomic E-state index is 10.9. The molecule has 3 nitrogen and oxygen atoms in total. The number of rotatable bonds is 5. The van der Waals surface area contributed by atoms with E-state index in [1.54, 1.807) is 12.3 Å².